The molecule has 2 fully saturated rings. The summed E-state index contributed by atoms with van der Waals surface area (Å²) < 4.78 is 0. The van der Waals surface area contributed by atoms with Crippen LogP contribution >= 0.6 is 0 Å². The molecule has 17 heavy (non-hydrogen) atoms. The van der Waals surface area contributed by atoms with E-state index < -0.39 is 0 Å². The van der Waals surface area contributed by atoms with Gasteiger partial charge in [0.25, 0.3) is 0 Å². The second kappa shape index (κ2) is 4.45. The van der Waals surface area contributed by atoms with Crippen molar-refractivity contribution in [2.45, 2.75) is 62.8 Å². The van der Waals surface area contributed by atoms with Crippen LogP contribution in [-0.4, -0.2) is 0 Å². The molecule has 92 valence electrons. The van der Waals surface area contributed by atoms with E-state index in [1.807, 2.05) is 0 Å². The van der Waals surface area contributed by atoms with Gasteiger partial charge in [-0.3, -0.25) is 0 Å². The summed E-state index contributed by atoms with van der Waals surface area (Å²) >= 11 is 0. The standard InChI is InChI=1S/C16H23N/c17-16(11-12-16)15-9-7-14(8-10-15)13-5-3-1-2-4-6-13/h7-10,13H,1-6,11-12,17H2. The monoisotopic (exact) mass is 229 g/mol. The van der Waals surface area contributed by atoms with Crippen LogP contribution in [0.3, 0.4) is 0 Å². The molecule has 0 aromatic heterocycles. The van der Waals surface area contributed by atoms with Gasteiger partial charge in [-0.25, -0.2) is 0 Å². The number of nitrogens with two attached hydrogens (primary N) is 1. The van der Waals surface area contributed by atoms with Gasteiger partial charge in [0.2, 0.25) is 0 Å². The zero-order valence-corrected chi connectivity index (χ0v) is 10.6. The average molecular weight is 229 g/mol. The summed E-state index contributed by atoms with van der Waals surface area (Å²) in [5, 5.41) is 0. The largest absolute Gasteiger partial charge is 0.321 e. The molecule has 0 atom stereocenters. The van der Waals surface area contributed by atoms with Gasteiger partial charge in [-0.15, -0.1) is 0 Å². The van der Waals surface area contributed by atoms with Crippen molar-refractivity contribution >= 4 is 0 Å². The van der Waals surface area contributed by atoms with Crippen molar-refractivity contribution in [3.05, 3.63) is 35.4 Å². The van der Waals surface area contributed by atoms with Crippen LogP contribution in [0.15, 0.2) is 24.3 Å². The maximum atomic E-state index is 6.22. The van der Waals surface area contributed by atoms with Crippen LogP contribution in [0, 0.1) is 0 Å². The van der Waals surface area contributed by atoms with Crippen molar-refractivity contribution in [1.82, 2.24) is 0 Å². The van der Waals surface area contributed by atoms with Crippen LogP contribution in [0.1, 0.15) is 68.4 Å². The fourth-order valence-electron chi connectivity index (χ4n) is 3.12. The lowest BCUT2D eigenvalue weighted by molar-refractivity contribution is 0.592. The van der Waals surface area contributed by atoms with Gasteiger partial charge < -0.3 is 5.73 Å². The summed E-state index contributed by atoms with van der Waals surface area (Å²) in [7, 11) is 0. The van der Waals surface area contributed by atoms with E-state index in [2.05, 4.69) is 24.3 Å². The van der Waals surface area contributed by atoms with Crippen LogP contribution in [0.4, 0.5) is 0 Å². The minimum Gasteiger partial charge on any atom is -0.321 e. The molecule has 0 saturated heterocycles. The van der Waals surface area contributed by atoms with Gasteiger partial charge in [0.05, 0.1) is 0 Å². The lowest BCUT2D eigenvalue weighted by Crippen LogP contribution is -2.18. The van der Waals surface area contributed by atoms with Crippen molar-refractivity contribution < 1.29 is 0 Å². The van der Waals surface area contributed by atoms with Gasteiger partial charge >= 0.3 is 0 Å². The Kier molecular flexibility index (Phi) is 2.96. The second-order valence-corrected chi connectivity index (χ2v) is 5.97. The SMILES string of the molecule is NC1(c2ccc(C3CCCCCC3)cc2)CC1. The van der Waals surface area contributed by atoms with Crippen molar-refractivity contribution in [3.63, 3.8) is 0 Å². The first-order valence-electron chi connectivity index (χ1n) is 7.17. The summed E-state index contributed by atoms with van der Waals surface area (Å²) in [5.41, 5.74) is 9.14. The molecule has 0 heterocycles. The highest BCUT2D eigenvalue weighted by Crippen LogP contribution is 2.43. The van der Waals surface area contributed by atoms with Crippen LogP contribution in [0.5, 0.6) is 0 Å². The van der Waals surface area contributed by atoms with Crippen LogP contribution in [-0.2, 0) is 5.54 Å². The lowest BCUT2D eigenvalue weighted by atomic mass is 9.90. The fraction of sp³-hybridized carbons (Fsp3) is 0.625. The quantitative estimate of drug-likeness (QED) is 0.760. The van der Waals surface area contributed by atoms with E-state index in [1.165, 1.54) is 44.1 Å². The molecule has 0 bridgehead atoms. The second-order valence-electron chi connectivity index (χ2n) is 5.97. The van der Waals surface area contributed by atoms with Crippen molar-refractivity contribution in [1.29, 1.82) is 0 Å². The zero-order chi connectivity index (χ0) is 11.7. The third-order valence-electron chi connectivity index (χ3n) is 4.60. The lowest BCUT2D eigenvalue weighted by Gasteiger charge is -2.16. The van der Waals surface area contributed by atoms with E-state index >= 15 is 0 Å². The molecule has 0 radical (unpaired) electrons. The maximum absolute atomic E-state index is 6.22. The average Bonchev–Trinajstić information content (AvgIpc) is 3.14. The molecule has 2 aliphatic carbocycles. The van der Waals surface area contributed by atoms with E-state index in [-0.39, 0.29) is 5.54 Å². The third-order valence-corrected chi connectivity index (χ3v) is 4.60. The maximum Gasteiger partial charge on any atom is 0.0411 e. The van der Waals surface area contributed by atoms with E-state index in [0.717, 1.165) is 18.8 Å². The van der Waals surface area contributed by atoms with E-state index in [9.17, 15) is 0 Å². The van der Waals surface area contributed by atoms with E-state index in [0.29, 0.717) is 0 Å². The number of hydrogen-bond acceptors (Lipinski definition) is 1. The smallest absolute Gasteiger partial charge is 0.0411 e. The predicted octanol–water partition coefficient (Wildman–Crippen LogP) is 4.07. The zero-order valence-electron chi connectivity index (χ0n) is 10.6. The fourth-order valence-corrected chi connectivity index (χ4v) is 3.12. The highest BCUT2D eigenvalue weighted by molar-refractivity contribution is 5.33. The Labute approximate surface area is 104 Å². The van der Waals surface area contributed by atoms with Gasteiger partial charge in [0.15, 0.2) is 0 Å². The number of benzene rings is 1. The summed E-state index contributed by atoms with van der Waals surface area (Å²) in [5.74, 6) is 0.805. The first kappa shape index (κ1) is 11.3. The first-order valence-corrected chi connectivity index (χ1v) is 7.17. The Morgan fingerprint density at radius 3 is 2.00 bits per heavy atom. The van der Waals surface area contributed by atoms with E-state index in [1.54, 1.807) is 5.56 Å². The Hall–Kier alpha value is -0.820. The Morgan fingerprint density at radius 1 is 0.882 bits per heavy atom. The summed E-state index contributed by atoms with van der Waals surface area (Å²) in [4.78, 5) is 0. The molecule has 0 spiro atoms. The molecule has 2 saturated carbocycles. The van der Waals surface area contributed by atoms with Gasteiger partial charge in [-0.1, -0.05) is 49.9 Å². The number of rotatable bonds is 2. The van der Waals surface area contributed by atoms with Gasteiger partial charge in [-0.05, 0) is 42.7 Å². The molecule has 2 aliphatic rings. The molecular weight excluding hydrogens is 206 g/mol. The number of hydrogen-bond donors (Lipinski definition) is 1. The molecule has 1 nitrogen and oxygen atoms in total. The van der Waals surface area contributed by atoms with Crippen LogP contribution < -0.4 is 5.73 Å². The molecule has 1 aromatic carbocycles. The van der Waals surface area contributed by atoms with E-state index in [4.69, 9.17) is 5.73 Å². The van der Waals surface area contributed by atoms with Crippen molar-refractivity contribution in [3.8, 4) is 0 Å². The highest BCUT2D eigenvalue weighted by atomic mass is 14.8. The highest BCUT2D eigenvalue weighted by Gasteiger charge is 2.39. The molecule has 0 amide bonds. The summed E-state index contributed by atoms with van der Waals surface area (Å²) in [6.45, 7) is 0. The molecule has 0 aliphatic heterocycles. The van der Waals surface area contributed by atoms with Crippen molar-refractivity contribution in [2.75, 3.05) is 0 Å². The van der Waals surface area contributed by atoms with Crippen molar-refractivity contribution in [2.24, 2.45) is 5.73 Å². The topological polar surface area (TPSA) is 26.0 Å². The molecular formula is C16H23N. The molecule has 0 unspecified atom stereocenters. The predicted molar refractivity (Wildman–Crippen MR) is 72.0 cm³/mol. The minimum absolute atomic E-state index is 0.0297. The van der Waals surface area contributed by atoms with Crippen LogP contribution in [0.2, 0.25) is 0 Å². The Balaban J connectivity index is 1.74. The van der Waals surface area contributed by atoms with Gasteiger partial charge in [0, 0.05) is 5.54 Å². The Morgan fingerprint density at radius 2 is 1.47 bits per heavy atom. The molecule has 1 heteroatoms. The summed E-state index contributed by atoms with van der Waals surface area (Å²) in [6.07, 6.45) is 10.8. The molecule has 1 aromatic rings. The van der Waals surface area contributed by atoms with Gasteiger partial charge in [-0.2, -0.15) is 0 Å². The summed E-state index contributed by atoms with van der Waals surface area (Å²) in [6, 6.07) is 9.21. The normalized spacial score (nSPS) is 24.3. The molecule has 2 N–H and O–H groups in total. The minimum atomic E-state index is 0.0297. The third kappa shape index (κ3) is 2.40. The first-order chi connectivity index (χ1) is 8.28. The Bertz CT molecular complexity index is 367. The van der Waals surface area contributed by atoms with Crippen LogP contribution in [0.25, 0.3) is 0 Å². The van der Waals surface area contributed by atoms with Gasteiger partial charge in [0.1, 0.15) is 0 Å². The molecule has 3 rings (SSSR count).